The molecule has 186 valence electrons. The van der Waals surface area contributed by atoms with Gasteiger partial charge < -0.3 is 10.0 Å². The number of thiazole rings is 1. The summed E-state index contributed by atoms with van der Waals surface area (Å²) in [4.78, 5) is 3.33. The third kappa shape index (κ3) is 5.80. The largest absolute Gasteiger partial charge is 0.395 e. The molecule has 2 N–H and O–H groups in total. The van der Waals surface area contributed by atoms with Crippen LogP contribution < -0.4 is 9.47 Å². The summed E-state index contributed by atoms with van der Waals surface area (Å²) >= 11 is 5.03. The molecular formula is C26H25N2O4S4+. The van der Waals surface area contributed by atoms with Crippen LogP contribution in [-0.4, -0.2) is 42.7 Å². The van der Waals surface area contributed by atoms with Crippen LogP contribution in [0.4, 0.5) is 5.69 Å². The Labute approximate surface area is 223 Å². The summed E-state index contributed by atoms with van der Waals surface area (Å²) in [7, 11) is -4.18. The van der Waals surface area contributed by atoms with Crippen molar-refractivity contribution in [3.63, 3.8) is 0 Å². The second-order valence-corrected chi connectivity index (χ2v) is 12.8. The first-order chi connectivity index (χ1) is 17.4. The molecule has 0 bridgehead atoms. The monoisotopic (exact) mass is 557 g/mol. The molecule has 2 aliphatic rings. The van der Waals surface area contributed by atoms with Gasteiger partial charge in [-0.1, -0.05) is 65.6 Å². The molecule has 0 aliphatic carbocycles. The number of nitrogens with zero attached hydrogens (tertiary/aromatic N) is 2. The minimum Gasteiger partial charge on any atom is -0.395 e. The van der Waals surface area contributed by atoms with Crippen molar-refractivity contribution in [3.05, 3.63) is 94.0 Å². The van der Waals surface area contributed by atoms with E-state index in [1.165, 1.54) is 21.8 Å². The highest BCUT2D eigenvalue weighted by Crippen LogP contribution is 2.45. The molecule has 0 radical (unpaired) electrons. The predicted octanol–water partition coefficient (Wildman–Crippen LogP) is 5.09. The lowest BCUT2D eigenvalue weighted by Crippen LogP contribution is -2.38. The molecule has 0 saturated heterocycles. The second kappa shape index (κ2) is 11.0. The highest BCUT2D eigenvalue weighted by atomic mass is 32.2. The number of hydrogen-bond acceptors (Lipinski definition) is 7. The van der Waals surface area contributed by atoms with Gasteiger partial charge in [-0.2, -0.15) is 24.7 Å². The highest BCUT2D eigenvalue weighted by Gasteiger charge is 2.25. The van der Waals surface area contributed by atoms with Crippen molar-refractivity contribution in [2.24, 2.45) is 0 Å². The summed E-state index contributed by atoms with van der Waals surface area (Å²) < 4.78 is 35.3. The first-order valence-electron chi connectivity index (χ1n) is 11.3. The maximum absolute atomic E-state index is 11.6. The molecule has 6 nitrogen and oxygen atoms in total. The van der Waals surface area contributed by atoms with Crippen molar-refractivity contribution in [2.75, 3.05) is 29.6 Å². The summed E-state index contributed by atoms with van der Waals surface area (Å²) in [5.41, 5.74) is 4.24. The Bertz CT molecular complexity index is 1520. The summed E-state index contributed by atoms with van der Waals surface area (Å²) in [6.07, 6.45) is 10.4. The number of para-hydroxylation sites is 2. The number of anilines is 1. The van der Waals surface area contributed by atoms with Crippen LogP contribution in [0.15, 0.2) is 93.9 Å². The molecule has 1 aromatic heterocycles. The van der Waals surface area contributed by atoms with Crippen LogP contribution in [0.5, 0.6) is 0 Å². The Morgan fingerprint density at radius 2 is 1.83 bits per heavy atom. The van der Waals surface area contributed by atoms with Gasteiger partial charge in [0.05, 0.1) is 17.3 Å². The summed E-state index contributed by atoms with van der Waals surface area (Å²) in [6.45, 7) is 0.638. The third-order valence-corrected chi connectivity index (χ3v) is 9.60. The molecule has 5 rings (SSSR count). The van der Waals surface area contributed by atoms with E-state index in [-0.39, 0.29) is 6.61 Å². The molecule has 0 atom stereocenters. The third-order valence-electron chi connectivity index (χ3n) is 5.68. The minimum absolute atomic E-state index is 0.0861. The fraction of sp³-hybridized carbons (Fsp3) is 0.192. The predicted molar refractivity (Wildman–Crippen MR) is 151 cm³/mol. The number of thioether (sulfide) groups is 2. The van der Waals surface area contributed by atoms with Crippen LogP contribution in [0.1, 0.15) is 5.01 Å². The van der Waals surface area contributed by atoms with E-state index in [2.05, 4.69) is 35.3 Å². The molecular weight excluding hydrogens is 533 g/mol. The van der Waals surface area contributed by atoms with Gasteiger partial charge in [0.25, 0.3) is 10.9 Å². The molecule has 36 heavy (non-hydrogen) atoms. The molecule has 2 aromatic carbocycles. The van der Waals surface area contributed by atoms with Crippen LogP contribution in [0.25, 0.3) is 16.3 Å². The van der Waals surface area contributed by atoms with Gasteiger partial charge in [0, 0.05) is 35.1 Å². The standard InChI is InChI=1S/C26H24N2O4S4/c29-14-13-27-21-5-1-3-7-23(21)34-25(27)11-9-19-15-20(17-33-16-19)10-12-26-28(18-36(30,31)32)22-6-2-4-8-24(22)35-26/h1-12,15,29H,13-14,16-18H2/p+1. The molecule has 10 heteroatoms. The molecule has 0 spiro atoms. The summed E-state index contributed by atoms with van der Waals surface area (Å²) in [5, 5.41) is 11.4. The molecule has 0 amide bonds. The van der Waals surface area contributed by atoms with Crippen molar-refractivity contribution >= 4 is 67.0 Å². The first kappa shape index (κ1) is 25.3. The number of aliphatic hydroxyl groups excluding tert-OH is 1. The van der Waals surface area contributed by atoms with Crippen molar-refractivity contribution in [2.45, 2.75) is 10.8 Å². The summed E-state index contributed by atoms with van der Waals surface area (Å²) in [6, 6.07) is 15.8. The summed E-state index contributed by atoms with van der Waals surface area (Å²) in [5.74, 6) is 1.29. The molecule has 0 saturated carbocycles. The Hall–Kier alpha value is -2.34. The SMILES string of the molecule is O=S(=O)(O)C[n+]1c(C=CC2=CC(=CC=C3Sc4ccccc4N3CCO)CSC2)sc2ccccc21. The van der Waals surface area contributed by atoms with Gasteiger partial charge in [-0.3, -0.25) is 4.55 Å². The smallest absolute Gasteiger partial charge is 0.326 e. The molecule has 0 fully saturated rings. The van der Waals surface area contributed by atoms with E-state index >= 15 is 0 Å². The van der Waals surface area contributed by atoms with Gasteiger partial charge in [-0.15, -0.1) is 0 Å². The van der Waals surface area contributed by atoms with Crippen LogP contribution >= 0.6 is 34.9 Å². The van der Waals surface area contributed by atoms with Crippen LogP contribution in [0, 0.1) is 0 Å². The maximum atomic E-state index is 11.6. The number of aromatic nitrogens is 1. The average Bonchev–Trinajstić information content (AvgIpc) is 3.39. The quantitative estimate of drug-likeness (QED) is 0.309. The zero-order chi connectivity index (χ0) is 25.1. The highest BCUT2D eigenvalue weighted by molar-refractivity contribution is 8.03. The van der Waals surface area contributed by atoms with E-state index in [1.54, 1.807) is 16.3 Å². The van der Waals surface area contributed by atoms with Gasteiger partial charge in [-0.05, 0) is 35.4 Å². The Morgan fingerprint density at radius 3 is 2.67 bits per heavy atom. The lowest BCUT2D eigenvalue weighted by Gasteiger charge is -2.19. The van der Waals surface area contributed by atoms with Crippen molar-refractivity contribution < 1.29 is 22.6 Å². The van der Waals surface area contributed by atoms with E-state index < -0.39 is 16.0 Å². The van der Waals surface area contributed by atoms with E-state index in [0.29, 0.717) is 6.54 Å². The number of fused-ring (bicyclic) bond motifs is 2. The molecule has 2 aliphatic heterocycles. The van der Waals surface area contributed by atoms with Gasteiger partial charge in [0.1, 0.15) is 4.70 Å². The normalized spacial score (nSPS) is 18.5. The molecule has 3 heterocycles. The molecule has 3 aromatic rings. The average molecular weight is 558 g/mol. The van der Waals surface area contributed by atoms with E-state index in [9.17, 15) is 18.1 Å². The number of aliphatic hydroxyl groups is 1. The van der Waals surface area contributed by atoms with Crippen molar-refractivity contribution in [3.8, 4) is 0 Å². The van der Waals surface area contributed by atoms with E-state index in [0.717, 1.165) is 43.0 Å². The van der Waals surface area contributed by atoms with E-state index in [1.807, 2.05) is 60.3 Å². The molecule has 0 unspecified atom stereocenters. The second-order valence-electron chi connectivity index (χ2n) is 8.28. The Kier molecular flexibility index (Phi) is 7.71. The number of β-amino-alcohol motifs (C(OH)–C–C–N with tert-alkyl or cyclic N) is 1. The number of allylic oxidation sites excluding steroid dienone is 4. The minimum atomic E-state index is -4.18. The Balaban J connectivity index is 1.40. The van der Waals surface area contributed by atoms with Crippen LogP contribution in [0.2, 0.25) is 0 Å². The van der Waals surface area contributed by atoms with Crippen LogP contribution in [0.3, 0.4) is 0 Å². The van der Waals surface area contributed by atoms with Gasteiger partial charge in [0.2, 0.25) is 5.52 Å². The fourth-order valence-corrected chi connectivity index (χ4v) is 7.91. The van der Waals surface area contributed by atoms with E-state index in [4.69, 9.17) is 0 Å². The fourth-order valence-electron chi connectivity index (χ4n) is 4.14. The van der Waals surface area contributed by atoms with Crippen molar-refractivity contribution in [1.29, 1.82) is 0 Å². The van der Waals surface area contributed by atoms with Crippen LogP contribution in [-0.2, 0) is 16.0 Å². The maximum Gasteiger partial charge on any atom is 0.326 e. The van der Waals surface area contributed by atoms with Gasteiger partial charge in [-0.25, -0.2) is 0 Å². The number of rotatable bonds is 7. The topological polar surface area (TPSA) is 81.7 Å². The van der Waals surface area contributed by atoms with Gasteiger partial charge in [0.15, 0.2) is 0 Å². The zero-order valence-corrected chi connectivity index (χ0v) is 22.5. The van der Waals surface area contributed by atoms with Gasteiger partial charge >= 0.3 is 10.1 Å². The lowest BCUT2D eigenvalue weighted by atomic mass is 10.1. The Morgan fingerprint density at radius 1 is 1.03 bits per heavy atom. The number of benzene rings is 2. The zero-order valence-electron chi connectivity index (χ0n) is 19.3. The number of hydrogen-bond donors (Lipinski definition) is 2. The van der Waals surface area contributed by atoms with Crippen molar-refractivity contribution in [1.82, 2.24) is 0 Å². The lowest BCUT2D eigenvalue weighted by molar-refractivity contribution is -0.649. The first-order valence-corrected chi connectivity index (χ1v) is 15.7.